The van der Waals surface area contributed by atoms with Gasteiger partial charge in [0.15, 0.2) is 0 Å². The molecule has 0 aliphatic rings. The molecule has 0 bridgehead atoms. The van der Waals surface area contributed by atoms with E-state index in [0.29, 0.717) is 12.8 Å². The summed E-state index contributed by atoms with van der Waals surface area (Å²) in [6.07, 6.45) is 0.819. The molecule has 0 spiro atoms. The van der Waals surface area contributed by atoms with Gasteiger partial charge in [-0.25, -0.2) is 17.5 Å². The number of benzene rings is 1. The molecule has 0 saturated carbocycles. The molecular weight excluding hydrogens is 259 g/mol. The van der Waals surface area contributed by atoms with Crippen LogP contribution in [0.1, 0.15) is 19.8 Å². The highest BCUT2D eigenvalue weighted by atomic mass is 32.2. The number of hydrogen-bond donors (Lipinski definition) is 3. The van der Waals surface area contributed by atoms with Gasteiger partial charge in [-0.2, -0.15) is 0 Å². The molecular formula is C11H17FN2O3S. The van der Waals surface area contributed by atoms with E-state index in [4.69, 9.17) is 10.8 Å². The third-order valence-corrected chi connectivity index (χ3v) is 4.17. The molecule has 0 saturated heterocycles. The van der Waals surface area contributed by atoms with Crippen LogP contribution in [-0.2, 0) is 10.0 Å². The molecule has 18 heavy (non-hydrogen) atoms. The zero-order chi connectivity index (χ0) is 13.8. The number of halogens is 1. The van der Waals surface area contributed by atoms with E-state index in [1.807, 2.05) is 0 Å². The van der Waals surface area contributed by atoms with Crippen molar-refractivity contribution in [3.63, 3.8) is 0 Å². The molecule has 1 unspecified atom stereocenters. The predicted octanol–water partition coefficient (Wildman–Crippen LogP) is 0.847. The van der Waals surface area contributed by atoms with Crippen molar-refractivity contribution in [2.75, 3.05) is 12.3 Å². The van der Waals surface area contributed by atoms with Crippen LogP contribution >= 0.6 is 0 Å². The van der Waals surface area contributed by atoms with Gasteiger partial charge in [0, 0.05) is 12.6 Å². The number of aliphatic hydroxyl groups excluding tert-OH is 1. The molecule has 4 N–H and O–H groups in total. The van der Waals surface area contributed by atoms with Crippen molar-refractivity contribution >= 4 is 15.7 Å². The maximum Gasteiger partial charge on any atom is 0.242 e. The molecule has 0 fully saturated rings. The smallest absolute Gasteiger partial charge is 0.242 e. The van der Waals surface area contributed by atoms with E-state index in [2.05, 4.69) is 4.72 Å². The molecule has 1 aromatic rings. The summed E-state index contributed by atoms with van der Waals surface area (Å²) in [6.45, 7) is 1.66. The summed E-state index contributed by atoms with van der Waals surface area (Å²) in [5, 5.41) is 8.81. The van der Waals surface area contributed by atoms with Crippen molar-refractivity contribution in [3.05, 3.63) is 24.0 Å². The SMILES string of the molecule is CCC(CCO)NS(=O)(=O)c1cccc(F)c1N. The van der Waals surface area contributed by atoms with Gasteiger partial charge in [-0.15, -0.1) is 0 Å². The van der Waals surface area contributed by atoms with Gasteiger partial charge in [-0.3, -0.25) is 0 Å². The van der Waals surface area contributed by atoms with Crippen LogP contribution in [0, 0.1) is 5.82 Å². The highest BCUT2D eigenvalue weighted by Gasteiger charge is 2.22. The molecule has 1 rings (SSSR count). The lowest BCUT2D eigenvalue weighted by Crippen LogP contribution is -2.35. The summed E-state index contributed by atoms with van der Waals surface area (Å²) in [5.74, 6) is -0.770. The summed E-state index contributed by atoms with van der Waals surface area (Å²) in [7, 11) is -3.87. The van der Waals surface area contributed by atoms with Crippen molar-refractivity contribution in [2.45, 2.75) is 30.7 Å². The summed E-state index contributed by atoms with van der Waals surface area (Å²) in [5.41, 5.74) is 5.02. The van der Waals surface area contributed by atoms with E-state index in [-0.39, 0.29) is 11.5 Å². The van der Waals surface area contributed by atoms with Crippen molar-refractivity contribution in [2.24, 2.45) is 0 Å². The fourth-order valence-electron chi connectivity index (χ4n) is 1.54. The number of nitrogen functional groups attached to an aromatic ring is 1. The van der Waals surface area contributed by atoms with E-state index in [9.17, 15) is 12.8 Å². The van der Waals surface area contributed by atoms with Gasteiger partial charge in [0.2, 0.25) is 10.0 Å². The number of hydrogen-bond acceptors (Lipinski definition) is 4. The van der Waals surface area contributed by atoms with Crippen LogP contribution < -0.4 is 10.5 Å². The van der Waals surface area contributed by atoms with E-state index in [1.54, 1.807) is 6.92 Å². The van der Waals surface area contributed by atoms with Crippen molar-refractivity contribution in [1.29, 1.82) is 0 Å². The van der Waals surface area contributed by atoms with Crippen LogP contribution in [0.3, 0.4) is 0 Å². The zero-order valence-corrected chi connectivity index (χ0v) is 10.9. The van der Waals surface area contributed by atoms with Crippen molar-refractivity contribution in [1.82, 2.24) is 4.72 Å². The highest BCUT2D eigenvalue weighted by Crippen LogP contribution is 2.21. The molecule has 5 nitrogen and oxygen atoms in total. The maximum absolute atomic E-state index is 13.2. The number of rotatable bonds is 6. The fraction of sp³-hybridized carbons (Fsp3) is 0.455. The quantitative estimate of drug-likeness (QED) is 0.671. The number of sulfonamides is 1. The lowest BCUT2D eigenvalue weighted by Gasteiger charge is -2.16. The molecule has 0 aliphatic carbocycles. The van der Waals surface area contributed by atoms with Crippen molar-refractivity contribution < 1.29 is 17.9 Å². The summed E-state index contributed by atoms with van der Waals surface area (Å²) in [6, 6.07) is 3.22. The monoisotopic (exact) mass is 276 g/mol. The highest BCUT2D eigenvalue weighted by molar-refractivity contribution is 7.89. The Labute approximate surface area is 106 Å². The van der Waals surface area contributed by atoms with Crippen LogP contribution in [-0.4, -0.2) is 26.2 Å². The minimum absolute atomic E-state index is 0.125. The Morgan fingerprint density at radius 2 is 2.17 bits per heavy atom. The van der Waals surface area contributed by atoms with E-state index >= 15 is 0 Å². The van der Waals surface area contributed by atoms with Gasteiger partial charge in [-0.05, 0) is 25.0 Å². The van der Waals surface area contributed by atoms with E-state index < -0.39 is 27.6 Å². The first kappa shape index (κ1) is 14.9. The van der Waals surface area contributed by atoms with E-state index in [0.717, 1.165) is 6.07 Å². The lowest BCUT2D eigenvalue weighted by atomic mass is 10.2. The Kier molecular flexibility index (Phi) is 5.06. The largest absolute Gasteiger partial charge is 0.396 e. The average Bonchev–Trinajstić information content (AvgIpc) is 2.31. The summed E-state index contributed by atoms with van der Waals surface area (Å²) in [4.78, 5) is -0.279. The van der Waals surface area contributed by atoms with E-state index in [1.165, 1.54) is 12.1 Å². The summed E-state index contributed by atoms with van der Waals surface area (Å²) < 4.78 is 39.6. The standard InChI is InChI=1S/C11H17FN2O3S/c1-2-8(6-7-15)14-18(16,17)10-5-3-4-9(12)11(10)13/h3-5,8,14-15H,2,6-7,13H2,1H3. The summed E-state index contributed by atoms with van der Waals surface area (Å²) >= 11 is 0. The maximum atomic E-state index is 13.2. The minimum atomic E-state index is -3.87. The van der Waals surface area contributed by atoms with Gasteiger partial charge < -0.3 is 10.8 Å². The average molecular weight is 276 g/mol. The number of nitrogens with one attached hydrogen (secondary N) is 1. The molecule has 1 aromatic carbocycles. The van der Waals surface area contributed by atoms with Crippen molar-refractivity contribution in [3.8, 4) is 0 Å². The molecule has 0 radical (unpaired) electrons. The second-order valence-electron chi connectivity index (χ2n) is 3.89. The van der Waals surface area contributed by atoms with Gasteiger partial charge in [0.25, 0.3) is 0 Å². The van der Waals surface area contributed by atoms with Gasteiger partial charge in [0.05, 0.1) is 5.69 Å². The van der Waals surface area contributed by atoms with Crippen LogP contribution in [0.4, 0.5) is 10.1 Å². The number of para-hydroxylation sites is 1. The third-order valence-electron chi connectivity index (χ3n) is 2.59. The first-order valence-corrected chi connectivity index (χ1v) is 7.07. The van der Waals surface area contributed by atoms with Crippen LogP contribution in [0.5, 0.6) is 0 Å². The predicted molar refractivity (Wildman–Crippen MR) is 66.9 cm³/mol. The minimum Gasteiger partial charge on any atom is -0.396 e. The molecule has 0 aliphatic heterocycles. The molecule has 0 aromatic heterocycles. The number of anilines is 1. The lowest BCUT2D eigenvalue weighted by molar-refractivity contribution is 0.270. The zero-order valence-electron chi connectivity index (χ0n) is 10.1. The molecule has 7 heteroatoms. The van der Waals surface area contributed by atoms with Crippen LogP contribution in [0.25, 0.3) is 0 Å². The number of nitrogens with two attached hydrogens (primary N) is 1. The Balaban J connectivity index is 3.03. The van der Waals surface area contributed by atoms with Gasteiger partial charge in [-0.1, -0.05) is 13.0 Å². The van der Waals surface area contributed by atoms with Gasteiger partial charge >= 0.3 is 0 Å². The Bertz CT molecular complexity index is 505. The molecule has 0 heterocycles. The molecule has 102 valence electrons. The fourth-order valence-corrected chi connectivity index (χ4v) is 3.03. The normalized spacial score (nSPS) is 13.5. The topological polar surface area (TPSA) is 92.4 Å². The Morgan fingerprint density at radius 1 is 1.50 bits per heavy atom. The second kappa shape index (κ2) is 6.12. The van der Waals surface area contributed by atoms with Crippen LogP contribution in [0.2, 0.25) is 0 Å². The third kappa shape index (κ3) is 3.41. The second-order valence-corrected chi connectivity index (χ2v) is 5.57. The Hall–Kier alpha value is -1.18. The van der Waals surface area contributed by atoms with Gasteiger partial charge in [0.1, 0.15) is 10.7 Å². The Morgan fingerprint density at radius 3 is 2.72 bits per heavy atom. The first-order valence-electron chi connectivity index (χ1n) is 5.59. The first-order chi connectivity index (χ1) is 8.42. The molecule has 1 atom stereocenters. The molecule has 0 amide bonds. The number of aliphatic hydroxyl groups is 1. The van der Waals surface area contributed by atoms with Crippen LogP contribution in [0.15, 0.2) is 23.1 Å².